The smallest absolute Gasteiger partial charge is 0.180 e. The molecule has 9 heavy (non-hydrogen) atoms. The number of oxazole rings is 1. The van der Waals surface area contributed by atoms with Gasteiger partial charge in [-0.2, -0.15) is 0 Å². The molecule has 1 rings (SSSR count). The summed E-state index contributed by atoms with van der Waals surface area (Å²) in [6, 6.07) is 0. The molecule has 0 radical (unpaired) electrons. The van der Waals surface area contributed by atoms with Crippen molar-refractivity contribution in [2.24, 2.45) is 0 Å². The molecular formula is C7H13NO. The van der Waals surface area contributed by atoms with Crippen LogP contribution in [0, 0.1) is 0 Å². The largest absolute Gasteiger partial charge is 0.452 e. The molecular weight excluding hydrogens is 114 g/mol. The van der Waals surface area contributed by atoms with Crippen molar-refractivity contribution in [3.63, 3.8) is 0 Å². The summed E-state index contributed by atoms with van der Waals surface area (Å²) >= 11 is 0. The summed E-state index contributed by atoms with van der Waals surface area (Å²) in [6.45, 7) is 4.36. The van der Waals surface area contributed by atoms with Gasteiger partial charge in [-0.05, 0) is 0 Å². The second kappa shape index (κ2) is 7.21. The SMILES string of the molecule is CCCC.c1cocn1. The van der Waals surface area contributed by atoms with Gasteiger partial charge in [-0.3, -0.25) is 0 Å². The third-order valence-electron chi connectivity index (χ3n) is 0.847. The van der Waals surface area contributed by atoms with Crippen molar-refractivity contribution in [2.45, 2.75) is 26.7 Å². The molecule has 0 aliphatic heterocycles. The summed E-state index contributed by atoms with van der Waals surface area (Å²) in [5, 5.41) is 0. The molecule has 0 saturated heterocycles. The molecule has 0 N–H and O–H groups in total. The van der Waals surface area contributed by atoms with E-state index < -0.39 is 0 Å². The highest BCUT2D eigenvalue weighted by atomic mass is 16.3. The third kappa shape index (κ3) is 7.21. The molecule has 0 aliphatic rings. The fourth-order valence-corrected chi connectivity index (χ4v) is 0.176. The third-order valence-corrected chi connectivity index (χ3v) is 0.847. The van der Waals surface area contributed by atoms with Crippen molar-refractivity contribution >= 4 is 0 Å². The zero-order valence-corrected chi connectivity index (χ0v) is 6.00. The van der Waals surface area contributed by atoms with E-state index in [-0.39, 0.29) is 0 Å². The maximum Gasteiger partial charge on any atom is 0.180 e. The molecule has 0 saturated carbocycles. The van der Waals surface area contributed by atoms with Crippen molar-refractivity contribution in [2.75, 3.05) is 0 Å². The van der Waals surface area contributed by atoms with Crippen LogP contribution in [0.15, 0.2) is 23.3 Å². The number of nitrogens with zero attached hydrogens (tertiary/aromatic N) is 1. The summed E-state index contributed by atoms with van der Waals surface area (Å²) in [6.07, 6.45) is 7.11. The predicted molar refractivity (Wildman–Crippen MR) is 37.1 cm³/mol. The van der Waals surface area contributed by atoms with Crippen LogP contribution in [0.2, 0.25) is 0 Å². The number of hydrogen-bond acceptors (Lipinski definition) is 2. The molecule has 0 bridgehead atoms. The average molecular weight is 127 g/mol. The summed E-state index contributed by atoms with van der Waals surface area (Å²) in [7, 11) is 0. The van der Waals surface area contributed by atoms with E-state index in [9.17, 15) is 0 Å². The lowest BCUT2D eigenvalue weighted by molar-refractivity contribution is 0.558. The Balaban J connectivity index is 0.000000148. The average Bonchev–Trinajstić information content (AvgIpc) is 2.43. The Hall–Kier alpha value is -0.790. The van der Waals surface area contributed by atoms with Gasteiger partial charge in [0.25, 0.3) is 0 Å². The molecule has 0 aliphatic carbocycles. The first-order chi connectivity index (χ1) is 4.41. The molecule has 52 valence electrons. The first-order valence-corrected chi connectivity index (χ1v) is 3.24. The fourth-order valence-electron chi connectivity index (χ4n) is 0.176. The zero-order valence-electron chi connectivity index (χ0n) is 6.00. The predicted octanol–water partition coefficient (Wildman–Crippen LogP) is 2.48. The topological polar surface area (TPSA) is 26.0 Å². The highest BCUT2D eigenvalue weighted by Crippen LogP contribution is 1.76. The van der Waals surface area contributed by atoms with E-state index in [2.05, 4.69) is 23.2 Å². The highest BCUT2D eigenvalue weighted by Gasteiger charge is 1.59. The Kier molecular flexibility index (Phi) is 6.58. The van der Waals surface area contributed by atoms with Crippen molar-refractivity contribution in [1.29, 1.82) is 0 Å². The Morgan fingerprint density at radius 2 is 2.00 bits per heavy atom. The van der Waals surface area contributed by atoms with E-state index >= 15 is 0 Å². The van der Waals surface area contributed by atoms with Crippen LogP contribution < -0.4 is 0 Å². The van der Waals surface area contributed by atoms with Crippen LogP contribution in [0.4, 0.5) is 0 Å². The van der Waals surface area contributed by atoms with Crippen LogP contribution in [0.1, 0.15) is 26.7 Å². The highest BCUT2D eigenvalue weighted by molar-refractivity contribution is 4.56. The normalized spacial score (nSPS) is 7.78. The lowest BCUT2D eigenvalue weighted by Crippen LogP contribution is -1.47. The molecule has 0 fully saturated rings. The number of hydrogen-bond donors (Lipinski definition) is 0. The number of unbranched alkanes of at least 4 members (excludes halogenated alkanes) is 1. The maximum absolute atomic E-state index is 4.47. The standard InChI is InChI=1S/C4H10.C3H3NO/c1-3-4-2;1-2-5-3-4-1/h3-4H2,1-2H3;1-3H. The zero-order chi connectivity index (χ0) is 6.95. The minimum Gasteiger partial charge on any atom is -0.452 e. The van der Waals surface area contributed by atoms with E-state index in [4.69, 9.17) is 0 Å². The quantitative estimate of drug-likeness (QED) is 0.579. The molecule has 0 atom stereocenters. The number of aromatic nitrogens is 1. The molecule has 0 amide bonds. The second-order valence-corrected chi connectivity index (χ2v) is 1.68. The van der Waals surface area contributed by atoms with Crippen LogP contribution in [-0.2, 0) is 0 Å². The summed E-state index contributed by atoms with van der Waals surface area (Å²) < 4.78 is 4.47. The summed E-state index contributed by atoms with van der Waals surface area (Å²) in [4.78, 5) is 3.56. The monoisotopic (exact) mass is 127 g/mol. The van der Waals surface area contributed by atoms with Crippen LogP contribution in [0.5, 0.6) is 0 Å². The maximum atomic E-state index is 4.47. The first kappa shape index (κ1) is 8.21. The van der Waals surface area contributed by atoms with E-state index in [0.717, 1.165) is 0 Å². The first-order valence-electron chi connectivity index (χ1n) is 3.24. The van der Waals surface area contributed by atoms with Crippen molar-refractivity contribution in [3.05, 3.63) is 18.9 Å². The van der Waals surface area contributed by atoms with Gasteiger partial charge >= 0.3 is 0 Å². The molecule has 2 nitrogen and oxygen atoms in total. The lowest BCUT2D eigenvalue weighted by Gasteiger charge is -1.68. The van der Waals surface area contributed by atoms with E-state index in [1.54, 1.807) is 6.20 Å². The van der Waals surface area contributed by atoms with E-state index in [1.807, 2.05) is 0 Å². The van der Waals surface area contributed by atoms with Gasteiger partial charge in [0, 0.05) is 0 Å². The van der Waals surface area contributed by atoms with Crippen LogP contribution in [0.25, 0.3) is 0 Å². The minimum absolute atomic E-state index is 1.32. The van der Waals surface area contributed by atoms with Gasteiger partial charge in [0.15, 0.2) is 6.39 Å². The Labute approximate surface area is 55.9 Å². The van der Waals surface area contributed by atoms with Crippen LogP contribution >= 0.6 is 0 Å². The van der Waals surface area contributed by atoms with Gasteiger partial charge < -0.3 is 4.42 Å². The fraction of sp³-hybridized carbons (Fsp3) is 0.571. The van der Waals surface area contributed by atoms with Gasteiger partial charge in [0.05, 0.1) is 6.20 Å². The van der Waals surface area contributed by atoms with Crippen LogP contribution in [0.3, 0.4) is 0 Å². The van der Waals surface area contributed by atoms with Gasteiger partial charge in [-0.1, -0.05) is 26.7 Å². The molecule has 1 aromatic rings. The van der Waals surface area contributed by atoms with Gasteiger partial charge in [-0.15, -0.1) is 0 Å². The van der Waals surface area contributed by atoms with Crippen molar-refractivity contribution < 1.29 is 4.42 Å². The second-order valence-electron chi connectivity index (χ2n) is 1.68. The van der Waals surface area contributed by atoms with Gasteiger partial charge in [-0.25, -0.2) is 4.98 Å². The lowest BCUT2D eigenvalue weighted by atomic mass is 10.4. The molecule has 0 spiro atoms. The van der Waals surface area contributed by atoms with Gasteiger partial charge in [0.1, 0.15) is 6.26 Å². The van der Waals surface area contributed by atoms with E-state index in [0.29, 0.717) is 0 Å². The Morgan fingerprint density at radius 1 is 1.33 bits per heavy atom. The van der Waals surface area contributed by atoms with Crippen molar-refractivity contribution in [3.8, 4) is 0 Å². The van der Waals surface area contributed by atoms with Crippen LogP contribution in [-0.4, -0.2) is 4.98 Å². The molecule has 2 heteroatoms. The molecule has 1 heterocycles. The number of rotatable bonds is 1. The van der Waals surface area contributed by atoms with Crippen molar-refractivity contribution in [1.82, 2.24) is 4.98 Å². The summed E-state index contributed by atoms with van der Waals surface area (Å²) in [5.41, 5.74) is 0. The minimum atomic E-state index is 1.32. The molecule has 1 aromatic heterocycles. The molecule has 0 aromatic carbocycles. The Bertz CT molecular complexity index is 84.4. The van der Waals surface area contributed by atoms with Gasteiger partial charge in [0.2, 0.25) is 0 Å². The van der Waals surface area contributed by atoms with E-state index in [1.165, 1.54) is 25.5 Å². The summed E-state index contributed by atoms with van der Waals surface area (Å²) in [5.74, 6) is 0. The molecule has 0 unspecified atom stereocenters. The Morgan fingerprint density at radius 3 is 2.11 bits per heavy atom.